The highest BCUT2D eigenvalue weighted by atomic mass is 32.2. The molecule has 1 aliphatic rings. The molecule has 7 nitrogen and oxygen atoms in total. The van der Waals surface area contributed by atoms with Gasteiger partial charge in [-0.05, 0) is 43.2 Å². The van der Waals surface area contributed by atoms with Crippen molar-refractivity contribution in [1.29, 1.82) is 0 Å². The molecule has 0 heterocycles. The number of para-hydroxylation sites is 2. The molecule has 0 bridgehead atoms. The summed E-state index contributed by atoms with van der Waals surface area (Å²) in [4.78, 5) is 25.1. The average Bonchev–Trinajstić information content (AvgIpc) is 2.69. The Morgan fingerprint density at radius 2 is 1.59 bits per heavy atom. The molecule has 154 valence electrons. The fourth-order valence-corrected chi connectivity index (χ4v) is 4.00. The lowest BCUT2D eigenvalue weighted by Crippen LogP contribution is -2.24. The van der Waals surface area contributed by atoms with E-state index in [-0.39, 0.29) is 17.5 Å². The van der Waals surface area contributed by atoms with Gasteiger partial charge in [0.25, 0.3) is 5.91 Å². The van der Waals surface area contributed by atoms with Crippen LogP contribution >= 0.6 is 0 Å². The van der Waals surface area contributed by atoms with E-state index in [1.54, 1.807) is 48.5 Å². The minimum Gasteiger partial charge on any atom is -0.326 e. The molecule has 0 unspecified atom stereocenters. The third kappa shape index (κ3) is 6.05. The van der Waals surface area contributed by atoms with Crippen LogP contribution < -0.4 is 15.4 Å². The van der Waals surface area contributed by atoms with Crippen molar-refractivity contribution in [2.45, 2.75) is 32.1 Å². The molecule has 2 aromatic carbocycles. The van der Waals surface area contributed by atoms with Crippen LogP contribution in [0.25, 0.3) is 0 Å². The Kier molecular flexibility index (Phi) is 6.53. The Labute approximate surface area is 171 Å². The smallest absolute Gasteiger partial charge is 0.255 e. The maximum absolute atomic E-state index is 12.7. The standard InChI is InChI=1S/C21H25N3O4S/c1-29(27,28)24-19-13-6-5-12-18(19)23-21(26)16-10-7-11-17(14-16)22-20(25)15-8-3-2-4-9-15/h5-7,10-15,24H,2-4,8-9H2,1H3,(H,22,25)(H,23,26). The van der Waals surface area contributed by atoms with Crippen LogP contribution in [0.5, 0.6) is 0 Å². The zero-order chi connectivity index (χ0) is 20.9. The lowest BCUT2D eigenvalue weighted by molar-refractivity contribution is -0.120. The molecule has 0 saturated heterocycles. The Bertz CT molecular complexity index is 998. The lowest BCUT2D eigenvalue weighted by Gasteiger charge is -2.20. The minimum absolute atomic E-state index is 0.00930. The van der Waals surface area contributed by atoms with Gasteiger partial charge in [0.15, 0.2) is 0 Å². The van der Waals surface area contributed by atoms with Gasteiger partial charge in [0.05, 0.1) is 17.6 Å². The monoisotopic (exact) mass is 415 g/mol. The van der Waals surface area contributed by atoms with Crippen molar-refractivity contribution >= 4 is 38.9 Å². The van der Waals surface area contributed by atoms with Crippen molar-refractivity contribution < 1.29 is 18.0 Å². The van der Waals surface area contributed by atoms with E-state index in [1.807, 2.05) is 0 Å². The first-order chi connectivity index (χ1) is 13.8. The number of sulfonamides is 1. The molecule has 1 fully saturated rings. The predicted octanol–water partition coefficient (Wildman–Crippen LogP) is 3.83. The molecule has 0 spiro atoms. The van der Waals surface area contributed by atoms with E-state index >= 15 is 0 Å². The van der Waals surface area contributed by atoms with Gasteiger partial charge in [0.2, 0.25) is 15.9 Å². The summed E-state index contributed by atoms with van der Waals surface area (Å²) in [5.41, 5.74) is 1.56. The number of hydrogen-bond donors (Lipinski definition) is 3. The van der Waals surface area contributed by atoms with Gasteiger partial charge in [-0.2, -0.15) is 0 Å². The van der Waals surface area contributed by atoms with Gasteiger partial charge in [-0.15, -0.1) is 0 Å². The number of rotatable bonds is 6. The Morgan fingerprint density at radius 1 is 0.897 bits per heavy atom. The number of hydrogen-bond acceptors (Lipinski definition) is 4. The minimum atomic E-state index is -3.48. The Balaban J connectivity index is 1.71. The topological polar surface area (TPSA) is 104 Å². The van der Waals surface area contributed by atoms with Crippen molar-refractivity contribution in [3.05, 3.63) is 54.1 Å². The number of anilines is 3. The van der Waals surface area contributed by atoms with Gasteiger partial charge < -0.3 is 10.6 Å². The van der Waals surface area contributed by atoms with E-state index in [9.17, 15) is 18.0 Å². The van der Waals surface area contributed by atoms with Crippen molar-refractivity contribution in [2.24, 2.45) is 5.92 Å². The molecule has 1 saturated carbocycles. The summed E-state index contributed by atoms with van der Waals surface area (Å²) >= 11 is 0. The van der Waals surface area contributed by atoms with Crippen LogP contribution in [-0.2, 0) is 14.8 Å². The maximum Gasteiger partial charge on any atom is 0.255 e. The third-order valence-corrected chi connectivity index (χ3v) is 5.43. The van der Waals surface area contributed by atoms with Crippen LogP contribution in [0.3, 0.4) is 0 Å². The SMILES string of the molecule is CS(=O)(=O)Nc1ccccc1NC(=O)c1cccc(NC(=O)C2CCCCC2)c1. The number of carbonyl (C=O) groups is 2. The molecule has 0 radical (unpaired) electrons. The van der Waals surface area contributed by atoms with E-state index in [0.717, 1.165) is 31.9 Å². The largest absolute Gasteiger partial charge is 0.326 e. The predicted molar refractivity (Wildman–Crippen MR) is 115 cm³/mol. The molecule has 3 rings (SSSR count). The molecule has 1 aliphatic carbocycles. The van der Waals surface area contributed by atoms with E-state index in [2.05, 4.69) is 15.4 Å². The normalized spacial score (nSPS) is 14.8. The highest BCUT2D eigenvalue weighted by Crippen LogP contribution is 2.26. The van der Waals surface area contributed by atoms with Crippen LogP contribution in [0.1, 0.15) is 42.5 Å². The number of nitrogens with one attached hydrogen (secondary N) is 3. The second-order valence-corrected chi connectivity index (χ2v) is 9.03. The quantitative estimate of drug-likeness (QED) is 0.667. The van der Waals surface area contributed by atoms with Crippen LogP contribution in [-0.4, -0.2) is 26.5 Å². The second-order valence-electron chi connectivity index (χ2n) is 7.28. The average molecular weight is 416 g/mol. The summed E-state index contributed by atoms with van der Waals surface area (Å²) < 4.78 is 25.4. The Hall–Kier alpha value is -2.87. The highest BCUT2D eigenvalue weighted by Gasteiger charge is 2.21. The maximum atomic E-state index is 12.7. The summed E-state index contributed by atoms with van der Waals surface area (Å²) in [6.07, 6.45) is 6.16. The van der Waals surface area contributed by atoms with Gasteiger partial charge >= 0.3 is 0 Å². The van der Waals surface area contributed by atoms with E-state index in [0.29, 0.717) is 16.9 Å². The molecule has 29 heavy (non-hydrogen) atoms. The van der Waals surface area contributed by atoms with E-state index in [4.69, 9.17) is 0 Å². The number of benzene rings is 2. The highest BCUT2D eigenvalue weighted by molar-refractivity contribution is 7.92. The summed E-state index contributed by atoms with van der Waals surface area (Å²) in [5.74, 6) is -0.387. The van der Waals surface area contributed by atoms with Crippen LogP contribution in [0, 0.1) is 5.92 Å². The molecule has 0 aliphatic heterocycles. The molecule has 3 N–H and O–H groups in total. The van der Waals surface area contributed by atoms with E-state index in [1.165, 1.54) is 6.42 Å². The zero-order valence-corrected chi connectivity index (χ0v) is 17.1. The van der Waals surface area contributed by atoms with E-state index < -0.39 is 15.9 Å². The summed E-state index contributed by atoms with van der Waals surface area (Å²) in [7, 11) is -3.48. The molecular weight excluding hydrogens is 390 g/mol. The van der Waals surface area contributed by atoms with Gasteiger partial charge in [-0.3, -0.25) is 14.3 Å². The second kappa shape index (κ2) is 9.09. The van der Waals surface area contributed by atoms with Gasteiger partial charge in [-0.25, -0.2) is 8.42 Å². The fourth-order valence-electron chi connectivity index (χ4n) is 3.42. The molecule has 8 heteroatoms. The molecule has 2 aromatic rings. The first-order valence-corrected chi connectivity index (χ1v) is 11.5. The van der Waals surface area contributed by atoms with Gasteiger partial charge in [0, 0.05) is 17.2 Å². The fraction of sp³-hybridized carbons (Fsp3) is 0.333. The van der Waals surface area contributed by atoms with Crippen molar-refractivity contribution in [3.8, 4) is 0 Å². The Morgan fingerprint density at radius 3 is 2.28 bits per heavy atom. The summed E-state index contributed by atoms with van der Waals surface area (Å²) in [6, 6.07) is 13.2. The lowest BCUT2D eigenvalue weighted by atomic mass is 9.88. The molecule has 2 amide bonds. The first-order valence-electron chi connectivity index (χ1n) is 9.61. The molecule has 0 aromatic heterocycles. The third-order valence-electron chi connectivity index (χ3n) is 4.84. The van der Waals surface area contributed by atoms with Crippen molar-refractivity contribution in [2.75, 3.05) is 21.6 Å². The van der Waals surface area contributed by atoms with Crippen LogP contribution in [0.2, 0.25) is 0 Å². The number of amides is 2. The molecule has 0 atom stereocenters. The first kappa shape index (κ1) is 20.9. The van der Waals surface area contributed by atoms with Crippen LogP contribution in [0.4, 0.5) is 17.1 Å². The number of carbonyl (C=O) groups excluding carboxylic acids is 2. The van der Waals surface area contributed by atoms with Gasteiger partial charge in [0.1, 0.15) is 0 Å². The van der Waals surface area contributed by atoms with Crippen LogP contribution in [0.15, 0.2) is 48.5 Å². The van der Waals surface area contributed by atoms with Gasteiger partial charge in [-0.1, -0.05) is 37.5 Å². The van der Waals surface area contributed by atoms with Crippen molar-refractivity contribution in [1.82, 2.24) is 0 Å². The zero-order valence-electron chi connectivity index (χ0n) is 16.3. The summed E-state index contributed by atoms with van der Waals surface area (Å²) in [5, 5.41) is 5.62. The molecular formula is C21H25N3O4S. The summed E-state index contributed by atoms with van der Waals surface area (Å²) in [6.45, 7) is 0. The van der Waals surface area contributed by atoms with Crippen molar-refractivity contribution in [3.63, 3.8) is 0 Å².